The molecule has 2 saturated carbocycles. The van der Waals surface area contributed by atoms with Gasteiger partial charge >= 0.3 is 0 Å². The number of hydrogen-bond donors (Lipinski definition) is 2. The number of benzene rings is 2. The van der Waals surface area contributed by atoms with E-state index in [9.17, 15) is 0 Å². The Bertz CT molecular complexity index is 931. The largest absolute Gasteiger partial charge is 0.494 e. The zero-order valence-corrected chi connectivity index (χ0v) is 23.5. The minimum Gasteiger partial charge on any atom is -0.494 e. The highest BCUT2D eigenvalue weighted by molar-refractivity contribution is 5.83. The lowest BCUT2D eigenvalue weighted by atomic mass is 9.61. The molecule has 2 fully saturated rings. The van der Waals surface area contributed by atoms with Crippen molar-refractivity contribution in [3.8, 4) is 11.5 Å². The molecule has 0 saturated heterocycles. The summed E-state index contributed by atoms with van der Waals surface area (Å²) >= 11 is 0. The third-order valence-electron chi connectivity index (χ3n) is 8.42. The molecule has 0 heterocycles. The quantitative estimate of drug-likeness (QED) is 0.251. The van der Waals surface area contributed by atoms with Crippen LogP contribution >= 0.6 is 0 Å². The summed E-state index contributed by atoms with van der Waals surface area (Å²) in [7, 11) is 0. The van der Waals surface area contributed by atoms with Crippen molar-refractivity contribution in [3.05, 3.63) is 65.2 Å². The molecule has 0 radical (unpaired) electrons. The maximum absolute atomic E-state index is 8.98. The molecule has 0 aliphatic heterocycles. The summed E-state index contributed by atoms with van der Waals surface area (Å²) in [6.07, 6.45) is 10.9. The van der Waals surface area contributed by atoms with Gasteiger partial charge in [0.1, 0.15) is 11.5 Å². The Morgan fingerprint density at radius 1 is 0.658 bits per heavy atom. The maximum Gasteiger partial charge on any atom is 0.119 e. The highest BCUT2D eigenvalue weighted by atomic mass is 16.5. The van der Waals surface area contributed by atoms with Crippen LogP contribution in [0.4, 0.5) is 0 Å². The van der Waals surface area contributed by atoms with Gasteiger partial charge in [0.05, 0.1) is 13.2 Å². The van der Waals surface area contributed by atoms with Crippen molar-refractivity contribution in [1.82, 2.24) is 0 Å². The second-order valence-electron chi connectivity index (χ2n) is 11.7. The van der Waals surface area contributed by atoms with Crippen LogP contribution in [0.3, 0.4) is 0 Å². The molecule has 4 heteroatoms. The van der Waals surface area contributed by atoms with E-state index in [1.807, 2.05) is 0 Å². The Labute approximate surface area is 230 Å². The number of ether oxygens (including phenoxy) is 2. The third kappa shape index (κ3) is 7.86. The van der Waals surface area contributed by atoms with Crippen molar-refractivity contribution in [2.75, 3.05) is 26.4 Å². The van der Waals surface area contributed by atoms with E-state index in [2.05, 4.69) is 62.4 Å². The van der Waals surface area contributed by atoms with Gasteiger partial charge < -0.3 is 19.7 Å². The van der Waals surface area contributed by atoms with Crippen molar-refractivity contribution in [3.63, 3.8) is 0 Å². The topological polar surface area (TPSA) is 58.9 Å². The minimum atomic E-state index is 0.253. The molecule has 2 N–H and O–H groups in total. The van der Waals surface area contributed by atoms with Crippen LogP contribution in [0.25, 0.3) is 5.57 Å². The summed E-state index contributed by atoms with van der Waals surface area (Å²) in [5, 5.41) is 18.0. The van der Waals surface area contributed by atoms with E-state index in [0.717, 1.165) is 61.9 Å². The smallest absolute Gasteiger partial charge is 0.119 e. The minimum absolute atomic E-state index is 0.253. The van der Waals surface area contributed by atoms with Crippen LogP contribution in [0, 0.1) is 23.7 Å². The Kier molecular flexibility index (Phi) is 11.1. The molecule has 0 aromatic heterocycles. The summed E-state index contributed by atoms with van der Waals surface area (Å²) in [5.74, 6) is 4.74. The number of fused-ring (bicyclic) bond motifs is 2. The van der Waals surface area contributed by atoms with E-state index in [4.69, 9.17) is 19.7 Å². The van der Waals surface area contributed by atoms with Gasteiger partial charge in [0.2, 0.25) is 0 Å². The van der Waals surface area contributed by atoms with Gasteiger partial charge in [-0.15, -0.1) is 0 Å². The lowest BCUT2D eigenvalue weighted by molar-refractivity contribution is 0.163. The predicted octanol–water partition coefficient (Wildman–Crippen LogP) is 7.66. The average molecular weight is 521 g/mol. The molecule has 208 valence electrons. The molecular weight excluding hydrogens is 472 g/mol. The van der Waals surface area contributed by atoms with Crippen LogP contribution < -0.4 is 9.47 Å². The van der Waals surface area contributed by atoms with E-state index in [-0.39, 0.29) is 13.2 Å². The molecule has 2 aromatic rings. The molecule has 4 unspecified atom stereocenters. The van der Waals surface area contributed by atoms with Crippen molar-refractivity contribution in [2.24, 2.45) is 23.7 Å². The molecule has 0 spiro atoms. The molecule has 38 heavy (non-hydrogen) atoms. The molecule has 2 aliphatic rings. The predicted molar refractivity (Wildman–Crippen MR) is 156 cm³/mol. The van der Waals surface area contributed by atoms with Gasteiger partial charge in [-0.2, -0.15) is 0 Å². The number of aliphatic hydroxyl groups excluding tert-OH is 2. The fourth-order valence-electron chi connectivity index (χ4n) is 6.77. The van der Waals surface area contributed by atoms with Crippen molar-refractivity contribution in [2.45, 2.75) is 78.1 Å². The second kappa shape index (κ2) is 14.7. The lowest BCUT2D eigenvalue weighted by Crippen LogP contribution is -2.32. The summed E-state index contributed by atoms with van der Waals surface area (Å²) in [5.41, 5.74) is 5.59. The van der Waals surface area contributed by atoms with Crippen molar-refractivity contribution >= 4 is 5.57 Å². The fraction of sp³-hybridized carbons (Fsp3) is 0.588. The van der Waals surface area contributed by atoms with Gasteiger partial charge in [-0.3, -0.25) is 0 Å². The summed E-state index contributed by atoms with van der Waals surface area (Å²) in [6.45, 7) is 6.76. The lowest BCUT2D eigenvalue weighted by Gasteiger charge is -2.44. The van der Waals surface area contributed by atoms with Crippen molar-refractivity contribution in [1.29, 1.82) is 0 Å². The molecule has 2 bridgehead atoms. The normalized spacial score (nSPS) is 22.8. The molecule has 4 rings (SSSR count). The SMILES string of the molecule is CC1CC2CC(C)C(=C(c3ccc(OCCCCCO)cc3)c3ccc(OCCCCCO)cc3)C(C1)C2. The van der Waals surface area contributed by atoms with Gasteiger partial charge in [-0.1, -0.05) is 43.7 Å². The van der Waals surface area contributed by atoms with Crippen LogP contribution in [-0.4, -0.2) is 36.6 Å². The van der Waals surface area contributed by atoms with Crippen LogP contribution in [0.2, 0.25) is 0 Å². The molecule has 2 aromatic carbocycles. The monoisotopic (exact) mass is 520 g/mol. The Morgan fingerprint density at radius 2 is 1.18 bits per heavy atom. The van der Waals surface area contributed by atoms with Gasteiger partial charge in [-0.25, -0.2) is 0 Å². The molecule has 4 atom stereocenters. The third-order valence-corrected chi connectivity index (χ3v) is 8.42. The van der Waals surface area contributed by atoms with Crippen LogP contribution in [0.1, 0.15) is 89.2 Å². The van der Waals surface area contributed by atoms with Gasteiger partial charge in [-0.05, 0) is 129 Å². The van der Waals surface area contributed by atoms with Crippen LogP contribution in [0.15, 0.2) is 54.1 Å². The first-order chi connectivity index (χ1) is 18.6. The molecular formula is C34H48O4. The molecule has 4 nitrogen and oxygen atoms in total. The second-order valence-corrected chi connectivity index (χ2v) is 11.7. The standard InChI is InChI=1S/C34H48O4/c1-25-21-27-23-26(2)33(30(22-25)24-27)34(28-9-13-31(14-10-28)37-19-7-3-5-17-35)29-11-15-32(16-12-29)38-20-8-4-6-18-36/h9-16,25-27,30,35-36H,3-8,17-24H2,1-2H3. The maximum atomic E-state index is 8.98. The highest BCUT2D eigenvalue weighted by Crippen LogP contribution is 2.51. The summed E-state index contributed by atoms with van der Waals surface area (Å²) in [6, 6.07) is 17.4. The summed E-state index contributed by atoms with van der Waals surface area (Å²) in [4.78, 5) is 0. The number of allylic oxidation sites excluding steroid dienone is 1. The molecule has 0 amide bonds. The number of rotatable bonds is 14. The first-order valence-corrected chi connectivity index (χ1v) is 15.0. The van der Waals surface area contributed by atoms with Gasteiger partial charge in [0.15, 0.2) is 0 Å². The number of hydrogen-bond acceptors (Lipinski definition) is 4. The number of aliphatic hydroxyl groups is 2. The Morgan fingerprint density at radius 3 is 1.68 bits per heavy atom. The van der Waals surface area contributed by atoms with E-state index in [0.29, 0.717) is 25.0 Å². The zero-order valence-electron chi connectivity index (χ0n) is 23.5. The highest BCUT2D eigenvalue weighted by Gasteiger charge is 2.38. The van der Waals surface area contributed by atoms with E-state index in [1.165, 1.54) is 42.4 Å². The fourth-order valence-corrected chi connectivity index (χ4v) is 6.77. The average Bonchev–Trinajstić information content (AvgIpc) is 2.91. The van der Waals surface area contributed by atoms with E-state index >= 15 is 0 Å². The van der Waals surface area contributed by atoms with Crippen LogP contribution in [0.5, 0.6) is 11.5 Å². The first-order valence-electron chi connectivity index (χ1n) is 15.0. The molecule has 2 aliphatic carbocycles. The van der Waals surface area contributed by atoms with Gasteiger partial charge in [0.25, 0.3) is 0 Å². The van der Waals surface area contributed by atoms with E-state index < -0.39 is 0 Å². The Balaban J connectivity index is 1.57. The zero-order chi connectivity index (χ0) is 26.7. The van der Waals surface area contributed by atoms with Crippen molar-refractivity contribution < 1.29 is 19.7 Å². The number of unbranched alkanes of at least 4 members (excludes halogenated alkanes) is 4. The van der Waals surface area contributed by atoms with Crippen LogP contribution in [-0.2, 0) is 0 Å². The summed E-state index contributed by atoms with van der Waals surface area (Å²) < 4.78 is 12.0. The Hall–Kier alpha value is -2.30. The van der Waals surface area contributed by atoms with Gasteiger partial charge in [0, 0.05) is 13.2 Å². The first kappa shape index (κ1) is 28.7. The van der Waals surface area contributed by atoms with E-state index in [1.54, 1.807) is 5.57 Å².